The Morgan fingerprint density at radius 1 is 1.41 bits per heavy atom. The minimum absolute atomic E-state index is 0.255. The second kappa shape index (κ2) is 7.03. The summed E-state index contributed by atoms with van der Waals surface area (Å²) in [5.41, 5.74) is 2.52. The van der Waals surface area contributed by atoms with Crippen molar-refractivity contribution in [2.24, 2.45) is 5.84 Å². The van der Waals surface area contributed by atoms with E-state index in [4.69, 9.17) is 10.9 Å². The standard InChI is InChI=1S/C11H21N5O/c1-3-9-14-10(7-11(15-9)16-12)13-6-4-5-8(2)17/h7-8,17H,3-6,12H2,1-2H3,(H2,13,14,15,16). The van der Waals surface area contributed by atoms with Crippen molar-refractivity contribution in [3.8, 4) is 0 Å². The van der Waals surface area contributed by atoms with Gasteiger partial charge in [-0.15, -0.1) is 0 Å². The highest BCUT2D eigenvalue weighted by Crippen LogP contribution is 2.11. The van der Waals surface area contributed by atoms with Gasteiger partial charge in [0.2, 0.25) is 0 Å². The monoisotopic (exact) mass is 239 g/mol. The predicted molar refractivity (Wildman–Crippen MR) is 68.6 cm³/mol. The fourth-order valence-corrected chi connectivity index (χ4v) is 1.43. The molecule has 0 saturated heterocycles. The zero-order valence-corrected chi connectivity index (χ0v) is 10.4. The number of nitrogens with zero attached hydrogens (tertiary/aromatic N) is 2. The van der Waals surface area contributed by atoms with Crippen LogP contribution in [0.5, 0.6) is 0 Å². The molecular weight excluding hydrogens is 218 g/mol. The summed E-state index contributed by atoms with van der Waals surface area (Å²) in [5, 5.41) is 12.3. The highest BCUT2D eigenvalue weighted by atomic mass is 16.3. The number of nitrogens with one attached hydrogen (secondary N) is 2. The van der Waals surface area contributed by atoms with Crippen LogP contribution in [0.2, 0.25) is 0 Å². The van der Waals surface area contributed by atoms with Crippen molar-refractivity contribution in [2.45, 2.75) is 39.2 Å². The number of aromatic nitrogens is 2. The number of hydrogen-bond acceptors (Lipinski definition) is 6. The highest BCUT2D eigenvalue weighted by Gasteiger charge is 2.02. The van der Waals surface area contributed by atoms with Gasteiger partial charge < -0.3 is 15.8 Å². The second-order valence-corrected chi connectivity index (χ2v) is 3.97. The van der Waals surface area contributed by atoms with Gasteiger partial charge in [-0.05, 0) is 19.8 Å². The molecule has 1 aromatic heterocycles. The van der Waals surface area contributed by atoms with E-state index in [1.54, 1.807) is 13.0 Å². The molecule has 96 valence electrons. The van der Waals surface area contributed by atoms with E-state index < -0.39 is 0 Å². The van der Waals surface area contributed by atoms with Crippen LogP contribution in [0.25, 0.3) is 0 Å². The average molecular weight is 239 g/mol. The maximum Gasteiger partial charge on any atom is 0.145 e. The van der Waals surface area contributed by atoms with Crippen molar-refractivity contribution in [2.75, 3.05) is 17.3 Å². The summed E-state index contributed by atoms with van der Waals surface area (Å²) in [7, 11) is 0. The number of hydrogen-bond donors (Lipinski definition) is 4. The summed E-state index contributed by atoms with van der Waals surface area (Å²) in [6.07, 6.45) is 2.18. The van der Waals surface area contributed by atoms with Crippen LogP contribution in [-0.2, 0) is 6.42 Å². The minimum Gasteiger partial charge on any atom is -0.393 e. The van der Waals surface area contributed by atoms with Crippen LogP contribution >= 0.6 is 0 Å². The van der Waals surface area contributed by atoms with E-state index in [1.807, 2.05) is 6.92 Å². The molecule has 6 nitrogen and oxygen atoms in total. The topological polar surface area (TPSA) is 96.1 Å². The number of aliphatic hydroxyl groups excluding tert-OH is 1. The molecule has 0 fully saturated rings. The first kappa shape index (κ1) is 13.7. The Labute approximate surface area is 102 Å². The Hall–Kier alpha value is -1.40. The summed E-state index contributed by atoms with van der Waals surface area (Å²) < 4.78 is 0. The second-order valence-electron chi connectivity index (χ2n) is 3.97. The Morgan fingerprint density at radius 3 is 2.71 bits per heavy atom. The smallest absolute Gasteiger partial charge is 0.145 e. The third-order valence-corrected chi connectivity index (χ3v) is 2.34. The maximum atomic E-state index is 9.13. The molecule has 5 N–H and O–H groups in total. The first-order chi connectivity index (χ1) is 8.15. The first-order valence-corrected chi connectivity index (χ1v) is 5.92. The average Bonchev–Trinajstić information content (AvgIpc) is 2.34. The van der Waals surface area contributed by atoms with Gasteiger partial charge in [0.05, 0.1) is 6.10 Å². The van der Waals surface area contributed by atoms with Gasteiger partial charge >= 0.3 is 0 Å². The van der Waals surface area contributed by atoms with Crippen LogP contribution in [0, 0.1) is 0 Å². The van der Waals surface area contributed by atoms with Crippen molar-refractivity contribution in [3.63, 3.8) is 0 Å². The van der Waals surface area contributed by atoms with Gasteiger partial charge in [-0.25, -0.2) is 15.8 Å². The van der Waals surface area contributed by atoms with Crippen molar-refractivity contribution >= 4 is 11.6 Å². The van der Waals surface area contributed by atoms with E-state index in [2.05, 4.69) is 20.7 Å². The third-order valence-electron chi connectivity index (χ3n) is 2.34. The van der Waals surface area contributed by atoms with E-state index in [9.17, 15) is 0 Å². The van der Waals surface area contributed by atoms with Crippen LogP contribution in [0.4, 0.5) is 11.6 Å². The lowest BCUT2D eigenvalue weighted by molar-refractivity contribution is 0.183. The Bertz CT molecular complexity index is 320. The summed E-state index contributed by atoms with van der Waals surface area (Å²) in [4.78, 5) is 8.54. The molecule has 1 atom stereocenters. The fourth-order valence-electron chi connectivity index (χ4n) is 1.43. The van der Waals surface area contributed by atoms with E-state index in [1.165, 1.54) is 0 Å². The number of nitrogen functional groups attached to an aromatic ring is 1. The van der Waals surface area contributed by atoms with Gasteiger partial charge in [0, 0.05) is 19.0 Å². The summed E-state index contributed by atoms with van der Waals surface area (Å²) in [6.45, 7) is 4.55. The van der Waals surface area contributed by atoms with Gasteiger partial charge in [-0.2, -0.15) is 0 Å². The normalized spacial score (nSPS) is 12.2. The van der Waals surface area contributed by atoms with Crippen LogP contribution in [0.3, 0.4) is 0 Å². The molecule has 1 rings (SSSR count). The summed E-state index contributed by atoms with van der Waals surface area (Å²) in [6, 6.07) is 1.77. The molecule has 1 aromatic rings. The highest BCUT2D eigenvalue weighted by molar-refractivity contribution is 5.46. The largest absolute Gasteiger partial charge is 0.393 e. The van der Waals surface area contributed by atoms with Gasteiger partial charge in [0.1, 0.15) is 17.5 Å². The Balaban J connectivity index is 2.51. The van der Waals surface area contributed by atoms with Crippen molar-refractivity contribution in [1.82, 2.24) is 9.97 Å². The van der Waals surface area contributed by atoms with Crippen LogP contribution in [-0.4, -0.2) is 27.7 Å². The molecule has 1 unspecified atom stereocenters. The maximum absolute atomic E-state index is 9.13. The van der Waals surface area contributed by atoms with Crippen LogP contribution < -0.4 is 16.6 Å². The van der Waals surface area contributed by atoms with Gasteiger partial charge in [-0.3, -0.25) is 0 Å². The Kier molecular flexibility index (Phi) is 5.65. The van der Waals surface area contributed by atoms with Gasteiger partial charge in [0.25, 0.3) is 0 Å². The van der Waals surface area contributed by atoms with Crippen LogP contribution in [0.15, 0.2) is 6.07 Å². The lowest BCUT2D eigenvalue weighted by atomic mass is 10.2. The van der Waals surface area contributed by atoms with Crippen molar-refractivity contribution in [1.29, 1.82) is 0 Å². The molecule has 0 aliphatic heterocycles. The molecule has 0 saturated carbocycles. The van der Waals surface area contributed by atoms with E-state index >= 15 is 0 Å². The summed E-state index contributed by atoms with van der Waals surface area (Å²) in [5.74, 6) is 7.45. The van der Waals surface area contributed by atoms with Crippen molar-refractivity contribution < 1.29 is 5.11 Å². The molecule has 0 radical (unpaired) electrons. The molecule has 17 heavy (non-hydrogen) atoms. The number of nitrogens with two attached hydrogens (primary N) is 1. The number of hydrazine groups is 1. The van der Waals surface area contributed by atoms with Gasteiger partial charge in [0.15, 0.2) is 0 Å². The molecule has 0 bridgehead atoms. The lowest BCUT2D eigenvalue weighted by Gasteiger charge is -2.09. The Morgan fingerprint density at radius 2 is 2.12 bits per heavy atom. The summed E-state index contributed by atoms with van der Waals surface area (Å²) >= 11 is 0. The zero-order valence-electron chi connectivity index (χ0n) is 10.4. The molecule has 0 aliphatic rings. The van der Waals surface area contributed by atoms with Crippen LogP contribution in [0.1, 0.15) is 32.5 Å². The minimum atomic E-state index is -0.255. The molecular formula is C11H21N5O. The molecule has 0 aromatic carbocycles. The SMILES string of the molecule is CCc1nc(NN)cc(NCCCC(C)O)n1. The number of rotatable bonds is 7. The van der Waals surface area contributed by atoms with E-state index in [0.717, 1.165) is 37.4 Å². The number of anilines is 2. The zero-order chi connectivity index (χ0) is 12.7. The quantitative estimate of drug-likeness (QED) is 0.321. The van der Waals surface area contributed by atoms with E-state index in [0.29, 0.717) is 5.82 Å². The molecule has 0 spiro atoms. The third kappa shape index (κ3) is 4.97. The lowest BCUT2D eigenvalue weighted by Crippen LogP contribution is -2.13. The fraction of sp³-hybridized carbons (Fsp3) is 0.636. The molecule has 0 aliphatic carbocycles. The molecule has 1 heterocycles. The van der Waals surface area contributed by atoms with Crippen molar-refractivity contribution in [3.05, 3.63) is 11.9 Å². The van der Waals surface area contributed by atoms with Gasteiger partial charge in [-0.1, -0.05) is 6.92 Å². The number of aliphatic hydroxyl groups is 1. The predicted octanol–water partition coefficient (Wildman–Crippen LogP) is 0.897. The number of aryl methyl sites for hydroxylation is 1. The molecule has 6 heteroatoms. The first-order valence-electron chi connectivity index (χ1n) is 5.92. The molecule has 0 amide bonds. The van der Waals surface area contributed by atoms with E-state index in [-0.39, 0.29) is 6.10 Å².